The second-order valence-corrected chi connectivity index (χ2v) is 11.1. The van der Waals surface area contributed by atoms with Crippen LogP contribution in [0, 0.1) is 11.8 Å². The molecule has 13 nitrogen and oxygen atoms in total. The average molecular weight is 586 g/mol. The van der Waals surface area contributed by atoms with Crippen molar-refractivity contribution in [3.05, 3.63) is 44.9 Å². The van der Waals surface area contributed by atoms with Crippen LogP contribution in [0.15, 0.2) is 33.7 Å². The third-order valence-corrected chi connectivity index (χ3v) is 8.60. The van der Waals surface area contributed by atoms with Gasteiger partial charge in [0.1, 0.15) is 16.9 Å². The van der Waals surface area contributed by atoms with Crippen LogP contribution in [0.2, 0.25) is 0 Å². The molecule has 2 fully saturated rings. The molecule has 4 aromatic heterocycles. The minimum atomic E-state index is -2.58. The first-order valence-corrected chi connectivity index (χ1v) is 13.8. The Balaban J connectivity index is 1.18. The number of halogens is 2. The van der Waals surface area contributed by atoms with Crippen LogP contribution in [0.1, 0.15) is 26.3 Å². The third-order valence-electron chi connectivity index (χ3n) is 7.71. The van der Waals surface area contributed by atoms with Gasteiger partial charge in [0.2, 0.25) is 11.9 Å². The summed E-state index contributed by atoms with van der Waals surface area (Å²) in [6.07, 6.45) is 4.60. The minimum Gasteiger partial charge on any atom is -0.340 e. The van der Waals surface area contributed by atoms with E-state index in [1.165, 1.54) is 33.8 Å². The molecule has 2 aliphatic rings. The Morgan fingerprint density at radius 3 is 2.51 bits per heavy atom. The number of carbonyl (C=O) groups is 2. The summed E-state index contributed by atoms with van der Waals surface area (Å²) in [5.41, 5.74) is -0.656. The number of rotatable bonds is 8. The van der Waals surface area contributed by atoms with Crippen molar-refractivity contribution in [1.29, 1.82) is 0 Å². The highest BCUT2D eigenvalue weighted by molar-refractivity contribution is 7.13. The SMILES string of the molecule is CCC(=O)Cn1c(=O)c2c(ncn2C(C)C(=O)Nc2csc(-c3cnc(N4CC5C(C4)C5(F)F)nc3)n2)n(C)c1=O. The number of alkyl halides is 2. The highest BCUT2D eigenvalue weighted by Gasteiger charge is 2.72. The van der Waals surface area contributed by atoms with E-state index in [1.54, 1.807) is 36.5 Å². The number of imidazole rings is 1. The molecule has 1 aliphatic carbocycles. The predicted molar refractivity (Wildman–Crippen MR) is 145 cm³/mol. The van der Waals surface area contributed by atoms with Crippen LogP contribution in [-0.2, 0) is 23.2 Å². The van der Waals surface area contributed by atoms with E-state index in [4.69, 9.17) is 0 Å². The lowest BCUT2D eigenvalue weighted by Crippen LogP contribution is -2.41. The molecule has 1 aliphatic heterocycles. The van der Waals surface area contributed by atoms with Crippen molar-refractivity contribution in [2.75, 3.05) is 23.3 Å². The van der Waals surface area contributed by atoms with Crippen LogP contribution in [0.5, 0.6) is 0 Å². The molecule has 1 saturated heterocycles. The number of aryl methyl sites for hydroxylation is 1. The number of hydrogen-bond donors (Lipinski definition) is 1. The van der Waals surface area contributed by atoms with Gasteiger partial charge in [-0.2, -0.15) is 0 Å². The summed E-state index contributed by atoms with van der Waals surface area (Å²) in [6.45, 7) is 3.30. The summed E-state index contributed by atoms with van der Waals surface area (Å²) >= 11 is 1.26. The number of hydrogen-bond acceptors (Lipinski definition) is 10. The van der Waals surface area contributed by atoms with Gasteiger partial charge in [-0.05, 0) is 6.92 Å². The van der Waals surface area contributed by atoms with Gasteiger partial charge in [0.05, 0.1) is 24.7 Å². The Kier molecular flexibility index (Phi) is 6.32. The van der Waals surface area contributed by atoms with Crippen LogP contribution in [0.25, 0.3) is 21.7 Å². The van der Waals surface area contributed by atoms with E-state index in [9.17, 15) is 28.0 Å². The van der Waals surface area contributed by atoms with E-state index in [0.29, 0.717) is 16.5 Å². The van der Waals surface area contributed by atoms with Gasteiger partial charge < -0.3 is 14.8 Å². The van der Waals surface area contributed by atoms with Crippen LogP contribution < -0.4 is 21.5 Å². The topological polar surface area (TPSA) is 150 Å². The normalized spacial score (nSPS) is 19.8. The second kappa shape index (κ2) is 9.64. The van der Waals surface area contributed by atoms with Crippen molar-refractivity contribution < 1.29 is 18.4 Å². The van der Waals surface area contributed by atoms with Gasteiger partial charge in [-0.1, -0.05) is 6.92 Å². The van der Waals surface area contributed by atoms with Crippen LogP contribution >= 0.6 is 11.3 Å². The fourth-order valence-electron chi connectivity index (χ4n) is 5.10. The van der Waals surface area contributed by atoms with Gasteiger partial charge >= 0.3 is 5.69 Å². The Morgan fingerprint density at radius 1 is 1.17 bits per heavy atom. The number of piperidine rings is 1. The molecule has 0 aromatic carbocycles. The highest BCUT2D eigenvalue weighted by Crippen LogP contribution is 2.59. The molecule has 214 valence electrons. The second-order valence-electron chi connectivity index (χ2n) is 10.2. The summed E-state index contributed by atoms with van der Waals surface area (Å²) in [6, 6.07) is -0.910. The average Bonchev–Trinajstić information content (AvgIpc) is 3.55. The van der Waals surface area contributed by atoms with E-state index in [-0.39, 0.29) is 48.8 Å². The highest BCUT2D eigenvalue weighted by atomic mass is 32.1. The molecular formula is C25H25F2N9O4S. The standard InChI is InChI=1S/C25H25F2N9O4S/c1-4-14(37)7-35-22(39)18-19(33(3)24(35)40)30-11-36(18)12(2)20(38)31-17-10-41-21(32-17)13-5-28-23(29-6-13)34-8-15-16(9-34)25(15,26)27/h5-6,10-12,15-16H,4,7-9H2,1-3H3,(H,31,38). The number of amides is 1. The number of anilines is 2. The smallest absolute Gasteiger partial charge is 0.332 e. The van der Waals surface area contributed by atoms with Gasteiger partial charge in [0, 0.05) is 49.9 Å². The zero-order chi connectivity index (χ0) is 29.2. The lowest BCUT2D eigenvalue weighted by Gasteiger charge is -2.19. The summed E-state index contributed by atoms with van der Waals surface area (Å²) in [5, 5.41) is 4.91. The number of nitrogens with one attached hydrogen (secondary N) is 1. The number of Topliss-reactive ketones (excluding diaryl/α,β-unsaturated/α-hetero) is 1. The molecule has 5 heterocycles. The molecule has 16 heteroatoms. The molecule has 41 heavy (non-hydrogen) atoms. The molecule has 3 unspecified atom stereocenters. The number of fused-ring (bicyclic) bond motifs is 2. The first-order chi connectivity index (χ1) is 19.5. The van der Waals surface area contributed by atoms with Crippen molar-refractivity contribution in [2.24, 2.45) is 18.9 Å². The van der Waals surface area contributed by atoms with Gasteiger partial charge in [-0.15, -0.1) is 11.3 Å². The number of aromatic nitrogens is 7. The Hall–Kier alpha value is -4.34. The minimum absolute atomic E-state index is 0.0221. The third kappa shape index (κ3) is 4.42. The zero-order valence-electron chi connectivity index (χ0n) is 22.2. The summed E-state index contributed by atoms with van der Waals surface area (Å²) in [7, 11) is 1.44. The van der Waals surface area contributed by atoms with Crippen molar-refractivity contribution in [2.45, 2.75) is 38.8 Å². The van der Waals surface area contributed by atoms with Gasteiger partial charge in [-0.25, -0.2) is 33.5 Å². The molecular weight excluding hydrogens is 560 g/mol. The van der Waals surface area contributed by atoms with E-state index in [0.717, 1.165) is 4.57 Å². The first-order valence-electron chi connectivity index (χ1n) is 12.9. The quantitative estimate of drug-likeness (QED) is 0.326. The monoisotopic (exact) mass is 585 g/mol. The van der Waals surface area contributed by atoms with Gasteiger partial charge in [0.15, 0.2) is 16.9 Å². The van der Waals surface area contributed by atoms with Gasteiger partial charge in [0.25, 0.3) is 11.5 Å². The molecule has 0 bridgehead atoms. The predicted octanol–water partition coefficient (Wildman–Crippen LogP) is 1.69. The van der Waals surface area contributed by atoms with Crippen molar-refractivity contribution >= 4 is 46.0 Å². The molecule has 0 spiro atoms. The fraction of sp³-hybridized carbons (Fsp3) is 0.440. The molecule has 1 N–H and O–H groups in total. The summed E-state index contributed by atoms with van der Waals surface area (Å²) in [4.78, 5) is 69.9. The number of nitrogens with zero attached hydrogens (tertiary/aromatic N) is 8. The molecule has 4 aromatic rings. The zero-order valence-corrected chi connectivity index (χ0v) is 23.1. The maximum atomic E-state index is 13.5. The van der Waals surface area contributed by atoms with E-state index in [1.807, 2.05) is 0 Å². The summed E-state index contributed by atoms with van der Waals surface area (Å²) in [5.74, 6) is -3.94. The van der Waals surface area contributed by atoms with Crippen molar-refractivity contribution in [1.82, 2.24) is 33.6 Å². The number of ketones is 1. The summed E-state index contributed by atoms with van der Waals surface area (Å²) < 4.78 is 30.3. The Morgan fingerprint density at radius 2 is 1.85 bits per heavy atom. The van der Waals surface area contributed by atoms with Crippen molar-refractivity contribution in [3.8, 4) is 10.6 Å². The van der Waals surface area contributed by atoms with Crippen LogP contribution in [-0.4, -0.2) is 64.3 Å². The lowest BCUT2D eigenvalue weighted by atomic mass is 10.3. The maximum absolute atomic E-state index is 13.5. The molecule has 1 amide bonds. The van der Waals surface area contributed by atoms with E-state index >= 15 is 0 Å². The first kappa shape index (κ1) is 26.9. The lowest BCUT2D eigenvalue weighted by molar-refractivity contribution is -0.120. The Labute approximate surface area is 234 Å². The van der Waals surface area contributed by atoms with Crippen LogP contribution in [0.4, 0.5) is 20.5 Å². The number of thiazole rings is 1. The fourth-order valence-corrected chi connectivity index (χ4v) is 5.82. The van der Waals surface area contributed by atoms with E-state index < -0.39 is 41.0 Å². The molecule has 0 radical (unpaired) electrons. The Bertz CT molecular complexity index is 1800. The molecule has 3 atom stereocenters. The van der Waals surface area contributed by atoms with Crippen molar-refractivity contribution in [3.63, 3.8) is 0 Å². The van der Waals surface area contributed by atoms with Gasteiger partial charge in [-0.3, -0.25) is 23.5 Å². The van der Waals surface area contributed by atoms with Crippen LogP contribution in [0.3, 0.4) is 0 Å². The van der Waals surface area contributed by atoms with E-state index in [2.05, 4.69) is 25.3 Å². The molecule has 1 saturated carbocycles. The largest absolute Gasteiger partial charge is 0.340 e. The number of carbonyl (C=O) groups excluding carboxylic acids is 2. The maximum Gasteiger partial charge on any atom is 0.332 e. The molecule has 6 rings (SSSR count).